The first-order chi connectivity index (χ1) is 15.5. The maximum atomic E-state index is 12.8. The van der Waals surface area contributed by atoms with Crippen molar-refractivity contribution in [1.82, 2.24) is 14.9 Å². The number of nitrogens with one attached hydrogen (secondary N) is 1. The summed E-state index contributed by atoms with van der Waals surface area (Å²) < 4.78 is 14.8. The van der Waals surface area contributed by atoms with Gasteiger partial charge in [-0.1, -0.05) is 32.8 Å². The third-order valence-electron chi connectivity index (χ3n) is 6.18. The molecule has 1 N–H and O–H groups in total. The minimum Gasteiger partial charge on any atom is -0.338 e. The molecule has 1 aliphatic rings. The van der Waals surface area contributed by atoms with Crippen LogP contribution in [-0.4, -0.2) is 27.5 Å². The molecule has 0 spiro atoms. The highest BCUT2D eigenvalue weighted by Gasteiger charge is 2.32. The minimum atomic E-state index is -1.05. The van der Waals surface area contributed by atoms with E-state index in [0.29, 0.717) is 23.9 Å². The third kappa shape index (κ3) is 4.85. The Labute approximate surface area is 190 Å². The molecular formula is C24H28FN3O3S. The van der Waals surface area contributed by atoms with E-state index >= 15 is 0 Å². The largest absolute Gasteiger partial charge is 0.370 e. The van der Waals surface area contributed by atoms with Gasteiger partial charge in [0.05, 0.1) is 11.0 Å². The van der Waals surface area contributed by atoms with Gasteiger partial charge in [0.1, 0.15) is 11.9 Å². The molecule has 170 valence electrons. The van der Waals surface area contributed by atoms with Crippen LogP contribution in [0.5, 0.6) is 0 Å². The number of aromatic nitrogens is 2. The Bertz CT molecular complexity index is 1090. The standard InChI is InChI=1S/C24H28FN3O3S/c1-3-17(4-2)28-21-10-9-16(13-19(21)26-22(28)14-18-6-5-11-32-18)23(29)27-20(24(30)31-25)12-15-7-8-15/h5-6,9-11,13,15,17,20H,3-4,7-8,12,14H2,1-2H3,(H,27,29)/t20-/m0/s1. The van der Waals surface area contributed by atoms with Crippen LogP contribution in [0, 0.1) is 5.92 Å². The smallest absolute Gasteiger partial charge is 0.338 e. The number of hydrogen-bond acceptors (Lipinski definition) is 5. The number of thiophene rings is 1. The van der Waals surface area contributed by atoms with Crippen LogP contribution >= 0.6 is 11.3 Å². The summed E-state index contributed by atoms with van der Waals surface area (Å²) in [7, 11) is 0. The van der Waals surface area contributed by atoms with Gasteiger partial charge in [0.15, 0.2) is 0 Å². The number of amides is 1. The van der Waals surface area contributed by atoms with Crippen molar-refractivity contribution in [2.75, 3.05) is 0 Å². The molecule has 1 aromatic carbocycles. The molecule has 2 aromatic heterocycles. The van der Waals surface area contributed by atoms with Gasteiger partial charge in [0, 0.05) is 27.4 Å². The van der Waals surface area contributed by atoms with Gasteiger partial charge in [-0.05, 0) is 54.8 Å². The van der Waals surface area contributed by atoms with E-state index in [0.717, 1.165) is 49.0 Å². The first-order valence-electron chi connectivity index (χ1n) is 11.2. The normalized spacial score (nSPS) is 14.6. The zero-order valence-corrected chi connectivity index (χ0v) is 19.2. The molecule has 8 heteroatoms. The lowest BCUT2D eigenvalue weighted by atomic mass is 10.1. The third-order valence-corrected chi connectivity index (χ3v) is 7.05. The van der Waals surface area contributed by atoms with Crippen molar-refractivity contribution in [2.24, 2.45) is 5.92 Å². The molecule has 1 fully saturated rings. The Balaban J connectivity index is 1.63. The number of hydrogen-bond donors (Lipinski definition) is 1. The van der Waals surface area contributed by atoms with Crippen molar-refractivity contribution in [3.63, 3.8) is 0 Å². The van der Waals surface area contributed by atoms with E-state index in [-0.39, 0.29) is 0 Å². The summed E-state index contributed by atoms with van der Waals surface area (Å²) >= 11 is 1.70. The summed E-state index contributed by atoms with van der Waals surface area (Å²) in [6.45, 7) is 4.33. The molecule has 0 bridgehead atoms. The molecule has 6 nitrogen and oxygen atoms in total. The van der Waals surface area contributed by atoms with Gasteiger partial charge < -0.3 is 9.88 Å². The van der Waals surface area contributed by atoms with Crippen molar-refractivity contribution < 1.29 is 19.1 Å². The lowest BCUT2D eigenvalue weighted by Gasteiger charge is -2.19. The predicted octanol–water partition coefficient (Wildman–Crippen LogP) is 5.38. The average Bonchev–Trinajstić information content (AvgIpc) is 3.34. The second-order valence-corrected chi connectivity index (χ2v) is 9.46. The Morgan fingerprint density at radius 1 is 1.28 bits per heavy atom. The summed E-state index contributed by atoms with van der Waals surface area (Å²) in [5.41, 5.74) is 2.12. The van der Waals surface area contributed by atoms with Crippen LogP contribution in [0.15, 0.2) is 35.7 Å². The molecule has 0 radical (unpaired) electrons. The van der Waals surface area contributed by atoms with Gasteiger partial charge in [-0.15, -0.1) is 11.3 Å². The molecule has 3 aromatic rings. The van der Waals surface area contributed by atoms with E-state index in [1.54, 1.807) is 23.5 Å². The number of fused-ring (bicyclic) bond motifs is 1. The number of carbonyl (C=O) groups is 2. The fourth-order valence-electron chi connectivity index (χ4n) is 4.24. The summed E-state index contributed by atoms with van der Waals surface area (Å²) in [6.07, 6.45) is 5.06. The van der Waals surface area contributed by atoms with Crippen LogP contribution < -0.4 is 5.32 Å². The van der Waals surface area contributed by atoms with E-state index in [1.165, 1.54) is 4.88 Å². The van der Waals surface area contributed by atoms with Gasteiger partial charge in [0.25, 0.3) is 5.91 Å². The second-order valence-electron chi connectivity index (χ2n) is 8.43. The fourth-order valence-corrected chi connectivity index (χ4v) is 4.94. The molecule has 4 rings (SSSR count). The topological polar surface area (TPSA) is 73.2 Å². The number of nitrogens with zero attached hydrogens (tertiary/aromatic N) is 2. The number of imidazole rings is 1. The van der Waals surface area contributed by atoms with Crippen molar-refractivity contribution >= 4 is 34.2 Å². The van der Waals surface area contributed by atoms with Gasteiger partial charge in [-0.25, -0.2) is 9.78 Å². The van der Waals surface area contributed by atoms with E-state index in [9.17, 15) is 14.1 Å². The van der Waals surface area contributed by atoms with E-state index in [4.69, 9.17) is 4.98 Å². The van der Waals surface area contributed by atoms with Crippen molar-refractivity contribution in [2.45, 2.75) is 64.5 Å². The average molecular weight is 458 g/mol. The molecule has 2 heterocycles. The van der Waals surface area contributed by atoms with Gasteiger partial charge in [-0.2, -0.15) is 0 Å². The fraction of sp³-hybridized carbons (Fsp3) is 0.458. The summed E-state index contributed by atoms with van der Waals surface area (Å²) in [6, 6.07) is 8.87. The quantitative estimate of drug-likeness (QED) is 0.444. The highest BCUT2D eigenvalue weighted by atomic mass is 32.1. The van der Waals surface area contributed by atoms with Crippen LogP contribution in [0.25, 0.3) is 11.0 Å². The van der Waals surface area contributed by atoms with Crippen LogP contribution in [0.3, 0.4) is 0 Å². The summed E-state index contributed by atoms with van der Waals surface area (Å²) in [4.78, 5) is 34.1. The van der Waals surface area contributed by atoms with Crippen LogP contribution in [0.1, 0.15) is 73.1 Å². The highest BCUT2D eigenvalue weighted by molar-refractivity contribution is 7.09. The van der Waals surface area contributed by atoms with Crippen LogP contribution in [0.4, 0.5) is 4.53 Å². The molecule has 1 aliphatic carbocycles. The zero-order valence-electron chi connectivity index (χ0n) is 18.3. The Kier molecular flexibility index (Phi) is 6.89. The Morgan fingerprint density at radius 2 is 2.06 bits per heavy atom. The van der Waals surface area contributed by atoms with Gasteiger partial charge in [-0.3, -0.25) is 9.74 Å². The first kappa shape index (κ1) is 22.5. The van der Waals surface area contributed by atoms with E-state index < -0.39 is 17.9 Å². The first-order valence-corrected chi connectivity index (χ1v) is 12.1. The summed E-state index contributed by atoms with van der Waals surface area (Å²) in [5, 5.41) is 4.69. The number of benzene rings is 1. The number of carbonyl (C=O) groups excluding carboxylic acids is 2. The molecule has 0 saturated heterocycles. The molecule has 0 aliphatic heterocycles. The van der Waals surface area contributed by atoms with E-state index in [2.05, 4.69) is 40.1 Å². The molecule has 1 atom stereocenters. The molecule has 32 heavy (non-hydrogen) atoms. The van der Waals surface area contributed by atoms with E-state index in [1.807, 2.05) is 12.1 Å². The molecule has 1 amide bonds. The second kappa shape index (κ2) is 9.81. The predicted molar refractivity (Wildman–Crippen MR) is 122 cm³/mol. The van der Waals surface area contributed by atoms with Crippen LogP contribution in [0.2, 0.25) is 0 Å². The zero-order chi connectivity index (χ0) is 22.7. The van der Waals surface area contributed by atoms with Gasteiger partial charge in [0.2, 0.25) is 0 Å². The van der Waals surface area contributed by atoms with Crippen molar-refractivity contribution in [3.8, 4) is 0 Å². The Hall–Kier alpha value is -2.74. The number of halogens is 1. The lowest BCUT2D eigenvalue weighted by Crippen LogP contribution is -2.41. The Morgan fingerprint density at radius 3 is 2.69 bits per heavy atom. The van der Waals surface area contributed by atoms with Crippen molar-refractivity contribution in [3.05, 3.63) is 52.0 Å². The maximum absolute atomic E-state index is 12.8. The SMILES string of the molecule is CCC(CC)n1c(Cc2cccs2)nc2cc(C(=O)N[C@@H](CC3CC3)C(=O)OF)ccc21. The van der Waals surface area contributed by atoms with Crippen molar-refractivity contribution in [1.29, 1.82) is 0 Å². The highest BCUT2D eigenvalue weighted by Crippen LogP contribution is 2.34. The molecular weight excluding hydrogens is 429 g/mol. The lowest BCUT2D eigenvalue weighted by molar-refractivity contribution is -0.186. The van der Waals surface area contributed by atoms with Gasteiger partial charge >= 0.3 is 5.97 Å². The monoisotopic (exact) mass is 457 g/mol. The molecule has 1 saturated carbocycles. The van der Waals surface area contributed by atoms with Crippen LogP contribution in [-0.2, 0) is 16.2 Å². The molecule has 0 unspecified atom stereocenters. The minimum absolute atomic E-state index is 0.317. The number of rotatable bonds is 10. The maximum Gasteiger partial charge on any atom is 0.370 e. The summed E-state index contributed by atoms with van der Waals surface area (Å²) in [5.74, 6) is -0.179.